The van der Waals surface area contributed by atoms with E-state index in [2.05, 4.69) is 24.2 Å². The van der Waals surface area contributed by atoms with Crippen LogP contribution < -0.4 is 5.32 Å². The summed E-state index contributed by atoms with van der Waals surface area (Å²) in [6, 6.07) is 0. The molecule has 1 aliphatic rings. The average Bonchev–Trinajstić information content (AvgIpc) is 2.33. The van der Waals surface area contributed by atoms with Crippen molar-refractivity contribution >= 4 is 5.84 Å². The van der Waals surface area contributed by atoms with Gasteiger partial charge in [0.1, 0.15) is 0 Å². The van der Waals surface area contributed by atoms with Crippen LogP contribution in [0.1, 0.15) is 46.0 Å². The smallest absolute Gasteiger partial charge is 0.0963 e. The number of hydrogen-bond donors (Lipinski definition) is 2. The van der Waals surface area contributed by atoms with Crippen molar-refractivity contribution < 1.29 is 5.11 Å². The van der Waals surface area contributed by atoms with Gasteiger partial charge in [0.25, 0.3) is 0 Å². The van der Waals surface area contributed by atoms with E-state index in [1.807, 2.05) is 0 Å². The topological polar surface area (TPSA) is 44.6 Å². The molecule has 15 heavy (non-hydrogen) atoms. The molecule has 88 valence electrons. The summed E-state index contributed by atoms with van der Waals surface area (Å²) in [5.74, 6) is 1.14. The number of aliphatic hydroxyl groups is 1. The Labute approximate surface area is 93.0 Å². The Hall–Kier alpha value is -0.570. The molecule has 0 bridgehead atoms. The third-order valence-electron chi connectivity index (χ3n) is 3.63. The molecule has 0 spiro atoms. The summed E-state index contributed by atoms with van der Waals surface area (Å²) in [7, 11) is 0. The van der Waals surface area contributed by atoms with Crippen LogP contribution in [0.5, 0.6) is 0 Å². The summed E-state index contributed by atoms with van der Waals surface area (Å²) >= 11 is 0. The molecular formula is C12H24N2O. The van der Waals surface area contributed by atoms with E-state index in [0.29, 0.717) is 0 Å². The zero-order valence-corrected chi connectivity index (χ0v) is 10.1. The highest BCUT2D eigenvalue weighted by Gasteiger charge is 2.25. The summed E-state index contributed by atoms with van der Waals surface area (Å²) in [6.45, 7) is 6.37. The van der Waals surface area contributed by atoms with E-state index in [9.17, 15) is 5.11 Å². The van der Waals surface area contributed by atoms with E-state index in [1.54, 1.807) is 0 Å². The molecule has 0 amide bonds. The minimum atomic E-state index is 0.0416. The van der Waals surface area contributed by atoms with Crippen molar-refractivity contribution in [3.63, 3.8) is 0 Å². The number of nitrogens with one attached hydrogen (secondary N) is 1. The van der Waals surface area contributed by atoms with Crippen LogP contribution in [-0.2, 0) is 0 Å². The van der Waals surface area contributed by atoms with E-state index < -0.39 is 0 Å². The maximum Gasteiger partial charge on any atom is 0.0963 e. The van der Waals surface area contributed by atoms with Gasteiger partial charge in [0.2, 0.25) is 0 Å². The van der Waals surface area contributed by atoms with Gasteiger partial charge in [-0.2, -0.15) is 0 Å². The molecule has 0 aromatic rings. The van der Waals surface area contributed by atoms with Crippen LogP contribution in [0, 0.1) is 5.41 Å². The van der Waals surface area contributed by atoms with Crippen molar-refractivity contribution in [1.82, 2.24) is 5.32 Å². The van der Waals surface area contributed by atoms with E-state index >= 15 is 0 Å². The van der Waals surface area contributed by atoms with Crippen molar-refractivity contribution in [2.24, 2.45) is 10.4 Å². The Morgan fingerprint density at radius 1 is 1.33 bits per heavy atom. The van der Waals surface area contributed by atoms with Crippen LogP contribution in [0.25, 0.3) is 0 Å². The predicted molar refractivity (Wildman–Crippen MR) is 64.3 cm³/mol. The molecule has 1 rings (SSSR count). The Balaban J connectivity index is 2.42. The summed E-state index contributed by atoms with van der Waals surface area (Å²) in [6.07, 6.45) is 5.57. The van der Waals surface area contributed by atoms with Gasteiger partial charge >= 0.3 is 0 Å². The molecule has 3 heteroatoms. The first-order valence-electron chi connectivity index (χ1n) is 6.14. The molecule has 1 heterocycles. The fourth-order valence-corrected chi connectivity index (χ4v) is 1.91. The van der Waals surface area contributed by atoms with Gasteiger partial charge in [0, 0.05) is 24.9 Å². The third-order valence-corrected chi connectivity index (χ3v) is 3.63. The molecule has 1 aliphatic heterocycles. The van der Waals surface area contributed by atoms with Gasteiger partial charge in [-0.25, -0.2) is 0 Å². The predicted octanol–water partition coefficient (Wildman–Crippen LogP) is 1.96. The van der Waals surface area contributed by atoms with Crippen molar-refractivity contribution in [2.75, 3.05) is 19.7 Å². The van der Waals surface area contributed by atoms with Crippen molar-refractivity contribution in [2.45, 2.75) is 46.0 Å². The second-order valence-electron chi connectivity index (χ2n) is 4.50. The highest BCUT2D eigenvalue weighted by Crippen LogP contribution is 2.24. The SMILES string of the molecule is CCC(CC)(CO)CNC1=NCCCC1. The van der Waals surface area contributed by atoms with E-state index in [-0.39, 0.29) is 12.0 Å². The Kier molecular flexibility index (Phi) is 5.09. The first-order chi connectivity index (χ1) is 7.26. The standard InChI is InChI=1S/C12H24N2O/c1-3-12(4-2,10-15)9-14-11-7-5-6-8-13-11/h15H,3-10H2,1-2H3,(H,13,14). The fraction of sp³-hybridized carbons (Fsp3) is 0.917. The van der Waals surface area contributed by atoms with Gasteiger partial charge in [-0.3, -0.25) is 4.99 Å². The third kappa shape index (κ3) is 3.49. The number of rotatable bonds is 5. The lowest BCUT2D eigenvalue weighted by Gasteiger charge is -2.30. The van der Waals surface area contributed by atoms with Crippen molar-refractivity contribution in [3.8, 4) is 0 Å². The van der Waals surface area contributed by atoms with Gasteiger partial charge in [0.15, 0.2) is 0 Å². The molecule has 0 atom stereocenters. The summed E-state index contributed by atoms with van der Waals surface area (Å²) < 4.78 is 0. The van der Waals surface area contributed by atoms with E-state index in [0.717, 1.165) is 38.2 Å². The number of aliphatic imine (C=N–C) groups is 1. The number of amidine groups is 1. The normalized spacial score (nSPS) is 17.4. The second kappa shape index (κ2) is 6.11. The number of aliphatic hydroxyl groups excluding tert-OH is 1. The van der Waals surface area contributed by atoms with Crippen LogP contribution >= 0.6 is 0 Å². The van der Waals surface area contributed by atoms with Crippen LogP contribution in [0.15, 0.2) is 4.99 Å². The molecule has 0 saturated carbocycles. The molecule has 0 radical (unpaired) electrons. The molecule has 2 N–H and O–H groups in total. The number of nitrogens with zero attached hydrogens (tertiary/aromatic N) is 1. The van der Waals surface area contributed by atoms with Crippen LogP contribution in [0.4, 0.5) is 0 Å². The highest BCUT2D eigenvalue weighted by molar-refractivity contribution is 5.82. The average molecular weight is 212 g/mol. The fourth-order valence-electron chi connectivity index (χ4n) is 1.91. The highest BCUT2D eigenvalue weighted by atomic mass is 16.3. The lowest BCUT2D eigenvalue weighted by atomic mass is 9.83. The van der Waals surface area contributed by atoms with E-state index in [1.165, 1.54) is 12.8 Å². The Morgan fingerprint density at radius 2 is 2.07 bits per heavy atom. The maximum atomic E-state index is 9.43. The maximum absolute atomic E-state index is 9.43. The molecule has 3 nitrogen and oxygen atoms in total. The number of hydrogen-bond acceptors (Lipinski definition) is 3. The lowest BCUT2D eigenvalue weighted by Crippen LogP contribution is -2.40. The van der Waals surface area contributed by atoms with E-state index in [4.69, 9.17) is 0 Å². The van der Waals surface area contributed by atoms with Gasteiger partial charge in [-0.1, -0.05) is 13.8 Å². The molecule has 0 aromatic heterocycles. The zero-order chi connectivity index (χ0) is 11.1. The van der Waals surface area contributed by atoms with Gasteiger partial charge < -0.3 is 10.4 Å². The van der Waals surface area contributed by atoms with Gasteiger partial charge in [-0.05, 0) is 25.7 Å². The largest absolute Gasteiger partial charge is 0.396 e. The Morgan fingerprint density at radius 3 is 2.53 bits per heavy atom. The quantitative estimate of drug-likeness (QED) is 0.731. The zero-order valence-electron chi connectivity index (χ0n) is 10.1. The summed E-state index contributed by atoms with van der Waals surface area (Å²) in [5.41, 5.74) is 0.0416. The summed E-state index contributed by atoms with van der Waals surface area (Å²) in [5, 5.41) is 12.8. The lowest BCUT2D eigenvalue weighted by molar-refractivity contribution is 0.118. The summed E-state index contributed by atoms with van der Waals surface area (Å²) in [4.78, 5) is 4.46. The minimum Gasteiger partial charge on any atom is -0.396 e. The first kappa shape index (κ1) is 12.5. The second-order valence-corrected chi connectivity index (χ2v) is 4.50. The first-order valence-corrected chi connectivity index (χ1v) is 6.14. The monoisotopic (exact) mass is 212 g/mol. The molecule has 0 aromatic carbocycles. The Bertz CT molecular complexity index is 201. The molecule has 0 unspecified atom stereocenters. The van der Waals surface area contributed by atoms with Crippen molar-refractivity contribution in [3.05, 3.63) is 0 Å². The van der Waals surface area contributed by atoms with Crippen molar-refractivity contribution in [1.29, 1.82) is 0 Å². The van der Waals surface area contributed by atoms with Crippen LogP contribution in [-0.4, -0.2) is 30.6 Å². The minimum absolute atomic E-state index is 0.0416. The molecule has 0 fully saturated rings. The molecular weight excluding hydrogens is 188 g/mol. The molecule has 0 saturated heterocycles. The van der Waals surface area contributed by atoms with Gasteiger partial charge in [0.05, 0.1) is 12.4 Å². The van der Waals surface area contributed by atoms with Crippen LogP contribution in [0.3, 0.4) is 0 Å². The molecule has 0 aliphatic carbocycles. The van der Waals surface area contributed by atoms with Crippen LogP contribution in [0.2, 0.25) is 0 Å². The van der Waals surface area contributed by atoms with Gasteiger partial charge in [-0.15, -0.1) is 0 Å².